The van der Waals surface area contributed by atoms with E-state index in [0.29, 0.717) is 12.3 Å². The second-order valence-electron chi connectivity index (χ2n) is 7.37. The molecule has 2 rings (SSSR count). The number of hydrogen-bond donors (Lipinski definition) is 2. The number of nitrogens with one attached hydrogen (secondary N) is 1. The summed E-state index contributed by atoms with van der Waals surface area (Å²) in [6, 6.07) is 8.38. The molecule has 1 aromatic carbocycles. The quantitative estimate of drug-likeness (QED) is 0.710. The Kier molecular flexibility index (Phi) is 7.16. The van der Waals surface area contributed by atoms with Gasteiger partial charge in [0.05, 0.1) is 5.69 Å². The van der Waals surface area contributed by atoms with E-state index in [-0.39, 0.29) is 18.7 Å². The van der Waals surface area contributed by atoms with Crippen molar-refractivity contribution in [3.8, 4) is 0 Å². The number of aryl methyl sites for hydroxylation is 1. The fourth-order valence-electron chi connectivity index (χ4n) is 3.17. The summed E-state index contributed by atoms with van der Waals surface area (Å²) in [7, 11) is 0. The van der Waals surface area contributed by atoms with Crippen molar-refractivity contribution in [1.82, 2.24) is 15.1 Å². The third kappa shape index (κ3) is 5.94. The zero-order valence-electron chi connectivity index (χ0n) is 16.5. The summed E-state index contributed by atoms with van der Waals surface area (Å²) in [5, 5.41) is 16.6. The van der Waals surface area contributed by atoms with Crippen molar-refractivity contribution in [2.75, 3.05) is 0 Å². The SMILES string of the molecule is Cc1nn(CC(C)C)c(C)c1CCC(=O)N[C@@H](Cc1ccccc1)C(=O)O. The van der Waals surface area contributed by atoms with Gasteiger partial charge < -0.3 is 10.4 Å². The summed E-state index contributed by atoms with van der Waals surface area (Å²) in [5.74, 6) is -0.786. The predicted octanol–water partition coefficient (Wildman–Crippen LogP) is 2.90. The van der Waals surface area contributed by atoms with Crippen LogP contribution in [-0.4, -0.2) is 32.8 Å². The van der Waals surface area contributed by atoms with Crippen molar-refractivity contribution in [3.05, 3.63) is 52.8 Å². The van der Waals surface area contributed by atoms with E-state index in [0.717, 1.165) is 29.1 Å². The first-order chi connectivity index (χ1) is 12.8. The minimum Gasteiger partial charge on any atom is -0.480 e. The highest BCUT2D eigenvalue weighted by Crippen LogP contribution is 2.16. The molecule has 6 nitrogen and oxygen atoms in total. The fraction of sp³-hybridized carbons (Fsp3) is 0.476. The molecule has 0 aliphatic carbocycles. The number of carboxylic acid groups (broad SMARTS) is 1. The molecule has 0 saturated heterocycles. The van der Waals surface area contributed by atoms with Gasteiger partial charge in [0.2, 0.25) is 5.91 Å². The van der Waals surface area contributed by atoms with Gasteiger partial charge in [-0.25, -0.2) is 4.79 Å². The Bertz CT molecular complexity index is 781. The van der Waals surface area contributed by atoms with Gasteiger partial charge in [-0.1, -0.05) is 44.2 Å². The standard InChI is InChI=1S/C21H29N3O3/c1-14(2)13-24-16(4)18(15(3)23-24)10-11-20(25)22-19(21(26)27)12-17-8-6-5-7-9-17/h5-9,14,19H,10-13H2,1-4H3,(H,22,25)(H,26,27)/t19-/m0/s1. The van der Waals surface area contributed by atoms with Crippen LogP contribution in [0.4, 0.5) is 0 Å². The predicted molar refractivity (Wildman–Crippen MR) is 105 cm³/mol. The molecule has 1 aromatic heterocycles. The average Bonchev–Trinajstić information content (AvgIpc) is 2.86. The molecule has 0 spiro atoms. The molecule has 2 aromatic rings. The molecule has 27 heavy (non-hydrogen) atoms. The van der Waals surface area contributed by atoms with Gasteiger partial charge in [-0.05, 0) is 37.3 Å². The van der Waals surface area contributed by atoms with Gasteiger partial charge in [-0.2, -0.15) is 5.10 Å². The highest BCUT2D eigenvalue weighted by Gasteiger charge is 2.21. The highest BCUT2D eigenvalue weighted by atomic mass is 16.4. The largest absolute Gasteiger partial charge is 0.480 e. The molecule has 0 saturated carbocycles. The van der Waals surface area contributed by atoms with Gasteiger partial charge in [0.15, 0.2) is 0 Å². The molecule has 6 heteroatoms. The average molecular weight is 371 g/mol. The minimum atomic E-state index is -1.02. The molecule has 0 unspecified atom stereocenters. The van der Waals surface area contributed by atoms with E-state index in [1.54, 1.807) is 0 Å². The number of amides is 1. The van der Waals surface area contributed by atoms with Crippen LogP contribution in [0.5, 0.6) is 0 Å². The molecule has 1 amide bonds. The van der Waals surface area contributed by atoms with E-state index in [9.17, 15) is 14.7 Å². The number of benzene rings is 1. The van der Waals surface area contributed by atoms with E-state index < -0.39 is 12.0 Å². The van der Waals surface area contributed by atoms with Crippen LogP contribution in [0.1, 0.15) is 42.8 Å². The Morgan fingerprint density at radius 2 is 1.85 bits per heavy atom. The maximum Gasteiger partial charge on any atom is 0.326 e. The Balaban J connectivity index is 1.96. The van der Waals surface area contributed by atoms with E-state index >= 15 is 0 Å². The van der Waals surface area contributed by atoms with Crippen molar-refractivity contribution in [3.63, 3.8) is 0 Å². The van der Waals surface area contributed by atoms with Gasteiger partial charge in [-0.15, -0.1) is 0 Å². The summed E-state index contributed by atoms with van der Waals surface area (Å²) in [6.07, 6.45) is 1.07. The second kappa shape index (κ2) is 9.35. The monoisotopic (exact) mass is 371 g/mol. The number of carboxylic acids is 1. The molecule has 0 bridgehead atoms. The van der Waals surface area contributed by atoms with E-state index in [2.05, 4.69) is 24.3 Å². The summed E-state index contributed by atoms with van der Waals surface area (Å²) < 4.78 is 1.99. The van der Waals surface area contributed by atoms with Crippen LogP contribution in [0.2, 0.25) is 0 Å². The smallest absolute Gasteiger partial charge is 0.326 e. The Hall–Kier alpha value is -2.63. The van der Waals surface area contributed by atoms with Crippen LogP contribution in [-0.2, 0) is 29.0 Å². The van der Waals surface area contributed by atoms with Crippen molar-refractivity contribution in [1.29, 1.82) is 0 Å². The van der Waals surface area contributed by atoms with Gasteiger partial charge >= 0.3 is 5.97 Å². The number of aromatic nitrogens is 2. The lowest BCUT2D eigenvalue weighted by Crippen LogP contribution is -2.42. The Labute approximate surface area is 160 Å². The summed E-state index contributed by atoms with van der Waals surface area (Å²) >= 11 is 0. The maximum atomic E-state index is 12.3. The van der Waals surface area contributed by atoms with E-state index in [4.69, 9.17) is 0 Å². The van der Waals surface area contributed by atoms with Gasteiger partial charge in [0, 0.05) is 25.1 Å². The van der Waals surface area contributed by atoms with Crippen LogP contribution in [0, 0.1) is 19.8 Å². The first-order valence-electron chi connectivity index (χ1n) is 9.37. The van der Waals surface area contributed by atoms with Gasteiger partial charge in [0.25, 0.3) is 0 Å². The lowest BCUT2D eigenvalue weighted by Gasteiger charge is -2.15. The molecule has 0 aliphatic rings. The summed E-state index contributed by atoms with van der Waals surface area (Å²) in [5.41, 5.74) is 3.96. The number of carbonyl (C=O) groups excluding carboxylic acids is 1. The molecule has 1 heterocycles. The third-order valence-corrected chi connectivity index (χ3v) is 4.59. The van der Waals surface area contributed by atoms with Crippen molar-refractivity contribution >= 4 is 11.9 Å². The number of rotatable bonds is 9. The zero-order valence-corrected chi connectivity index (χ0v) is 16.5. The number of aliphatic carboxylic acids is 1. The normalized spacial score (nSPS) is 12.2. The molecular weight excluding hydrogens is 342 g/mol. The second-order valence-corrected chi connectivity index (χ2v) is 7.37. The van der Waals surface area contributed by atoms with Crippen LogP contribution >= 0.6 is 0 Å². The first kappa shape index (κ1) is 20.7. The molecule has 0 radical (unpaired) electrons. The zero-order chi connectivity index (χ0) is 20.0. The Morgan fingerprint density at radius 1 is 1.19 bits per heavy atom. The van der Waals surface area contributed by atoms with Crippen LogP contribution in [0.15, 0.2) is 30.3 Å². The van der Waals surface area contributed by atoms with Crippen LogP contribution in [0.25, 0.3) is 0 Å². The number of hydrogen-bond acceptors (Lipinski definition) is 3. The lowest BCUT2D eigenvalue weighted by molar-refractivity contribution is -0.141. The topological polar surface area (TPSA) is 84.2 Å². The van der Waals surface area contributed by atoms with Crippen molar-refractivity contribution in [2.45, 2.75) is 59.5 Å². The molecule has 2 N–H and O–H groups in total. The van der Waals surface area contributed by atoms with Crippen molar-refractivity contribution < 1.29 is 14.7 Å². The molecule has 0 aliphatic heterocycles. The fourth-order valence-corrected chi connectivity index (χ4v) is 3.17. The van der Waals surface area contributed by atoms with Crippen LogP contribution in [0.3, 0.4) is 0 Å². The molecule has 0 fully saturated rings. The maximum absolute atomic E-state index is 12.3. The lowest BCUT2D eigenvalue weighted by atomic mass is 10.0. The van der Waals surface area contributed by atoms with Crippen molar-refractivity contribution in [2.24, 2.45) is 5.92 Å². The van der Waals surface area contributed by atoms with E-state index in [1.807, 2.05) is 48.9 Å². The van der Waals surface area contributed by atoms with E-state index in [1.165, 1.54) is 0 Å². The highest BCUT2D eigenvalue weighted by molar-refractivity contribution is 5.83. The summed E-state index contributed by atoms with van der Waals surface area (Å²) in [6.45, 7) is 9.10. The van der Waals surface area contributed by atoms with Gasteiger partial charge in [-0.3, -0.25) is 9.48 Å². The third-order valence-electron chi connectivity index (χ3n) is 4.59. The van der Waals surface area contributed by atoms with Gasteiger partial charge in [0.1, 0.15) is 6.04 Å². The number of nitrogens with zero attached hydrogens (tertiary/aromatic N) is 2. The number of carbonyl (C=O) groups is 2. The molecule has 1 atom stereocenters. The molecule has 146 valence electrons. The first-order valence-corrected chi connectivity index (χ1v) is 9.37. The summed E-state index contributed by atoms with van der Waals surface area (Å²) in [4.78, 5) is 23.8. The Morgan fingerprint density at radius 3 is 2.44 bits per heavy atom. The minimum absolute atomic E-state index is 0.244. The van der Waals surface area contributed by atoms with Crippen LogP contribution < -0.4 is 5.32 Å². The molecular formula is C21H29N3O3.